The molecule has 1 aliphatic rings. The molecule has 7 nitrogen and oxygen atoms in total. The Labute approximate surface area is 140 Å². The zero-order chi connectivity index (χ0) is 17.4. The van der Waals surface area contributed by atoms with Crippen molar-refractivity contribution >= 4 is 5.82 Å². The molecule has 3 aromatic heterocycles. The monoisotopic (exact) mass is 345 g/mol. The Balaban J connectivity index is 1.50. The van der Waals surface area contributed by atoms with Crippen LogP contribution in [0.5, 0.6) is 0 Å². The molecular formula is C16H13F2N5O2. The quantitative estimate of drug-likeness (QED) is 0.722. The summed E-state index contributed by atoms with van der Waals surface area (Å²) in [5.41, 5.74) is 0.0709. The molecule has 3 aromatic rings. The molecule has 0 aliphatic carbocycles. The molecule has 1 fully saturated rings. The number of hydrogen-bond donors (Lipinski definition) is 0. The molecule has 1 saturated heterocycles. The fourth-order valence-corrected chi connectivity index (χ4v) is 2.72. The molecule has 4 heterocycles. The highest BCUT2D eigenvalue weighted by Gasteiger charge is 2.29. The Morgan fingerprint density at radius 1 is 1.20 bits per heavy atom. The summed E-state index contributed by atoms with van der Waals surface area (Å²) in [6.45, 7) is 1.35. The molecule has 4 rings (SSSR count). The molecule has 0 amide bonds. The van der Waals surface area contributed by atoms with Crippen LogP contribution in [0.3, 0.4) is 0 Å². The van der Waals surface area contributed by atoms with Crippen molar-refractivity contribution in [2.45, 2.75) is 12.5 Å². The maximum absolute atomic E-state index is 12.5. The Kier molecular flexibility index (Phi) is 3.75. The van der Waals surface area contributed by atoms with Gasteiger partial charge in [0.2, 0.25) is 5.89 Å². The average molecular weight is 345 g/mol. The van der Waals surface area contributed by atoms with E-state index >= 15 is 0 Å². The van der Waals surface area contributed by atoms with Gasteiger partial charge in [0.15, 0.2) is 0 Å². The molecule has 0 spiro atoms. The molecule has 0 unspecified atom stereocenters. The maximum atomic E-state index is 12.5. The minimum atomic E-state index is -2.84. The van der Waals surface area contributed by atoms with Crippen LogP contribution in [-0.2, 0) is 0 Å². The standard InChI is InChI=1S/C16H13F2N5O2/c17-14(18)16-21-20-15(25-16)10-4-6-23(13(24)7-10)11-8-22(9-11)12-3-1-2-5-19-12/h1-7,11,14H,8-9H2. The molecule has 1 aliphatic heterocycles. The fourth-order valence-electron chi connectivity index (χ4n) is 2.72. The molecule has 25 heavy (non-hydrogen) atoms. The third-order valence-corrected chi connectivity index (χ3v) is 4.05. The first-order chi connectivity index (χ1) is 12.1. The van der Waals surface area contributed by atoms with Crippen LogP contribution in [0.15, 0.2) is 51.9 Å². The molecule has 0 saturated carbocycles. The lowest BCUT2D eigenvalue weighted by atomic mass is 10.1. The lowest BCUT2D eigenvalue weighted by Gasteiger charge is -2.40. The van der Waals surface area contributed by atoms with Gasteiger partial charge in [0.1, 0.15) is 5.82 Å². The van der Waals surface area contributed by atoms with Crippen molar-refractivity contribution in [3.63, 3.8) is 0 Å². The van der Waals surface area contributed by atoms with Crippen molar-refractivity contribution in [3.8, 4) is 11.5 Å². The number of halogens is 2. The van der Waals surface area contributed by atoms with E-state index in [9.17, 15) is 13.6 Å². The largest absolute Gasteiger partial charge is 0.415 e. The second kappa shape index (κ2) is 6.08. The molecule has 0 radical (unpaired) electrons. The van der Waals surface area contributed by atoms with Crippen molar-refractivity contribution in [2.75, 3.05) is 18.0 Å². The van der Waals surface area contributed by atoms with Gasteiger partial charge in [-0.25, -0.2) is 4.98 Å². The van der Waals surface area contributed by atoms with Gasteiger partial charge in [-0.3, -0.25) is 4.79 Å². The van der Waals surface area contributed by atoms with Gasteiger partial charge in [-0.2, -0.15) is 8.78 Å². The minimum Gasteiger partial charge on any atom is -0.415 e. The SMILES string of the molecule is O=c1cc(-c2nnc(C(F)F)o2)ccn1C1CN(c2ccccn2)C1. The smallest absolute Gasteiger partial charge is 0.314 e. The van der Waals surface area contributed by atoms with Crippen molar-refractivity contribution in [1.29, 1.82) is 0 Å². The van der Waals surface area contributed by atoms with Crippen LogP contribution in [0.2, 0.25) is 0 Å². The number of nitrogens with zero attached hydrogens (tertiary/aromatic N) is 5. The van der Waals surface area contributed by atoms with Crippen LogP contribution in [0.1, 0.15) is 18.4 Å². The number of pyridine rings is 2. The van der Waals surface area contributed by atoms with Crippen molar-refractivity contribution in [1.82, 2.24) is 19.7 Å². The van der Waals surface area contributed by atoms with Crippen LogP contribution in [-0.4, -0.2) is 32.8 Å². The predicted molar refractivity (Wildman–Crippen MR) is 84.4 cm³/mol. The van der Waals surface area contributed by atoms with E-state index in [1.807, 2.05) is 18.2 Å². The summed E-state index contributed by atoms with van der Waals surface area (Å²) < 4.78 is 31.5. The highest BCUT2D eigenvalue weighted by atomic mass is 19.3. The number of rotatable bonds is 4. The third kappa shape index (κ3) is 2.88. The van der Waals surface area contributed by atoms with Crippen LogP contribution < -0.4 is 10.5 Å². The van der Waals surface area contributed by atoms with Crippen molar-refractivity contribution < 1.29 is 13.2 Å². The van der Waals surface area contributed by atoms with Gasteiger partial charge < -0.3 is 13.9 Å². The van der Waals surface area contributed by atoms with Gasteiger partial charge in [0.05, 0.1) is 6.04 Å². The van der Waals surface area contributed by atoms with E-state index in [-0.39, 0.29) is 17.5 Å². The Bertz CT molecular complexity index is 935. The minimum absolute atomic E-state index is 0.0304. The second-order valence-electron chi connectivity index (χ2n) is 5.65. The first-order valence-electron chi connectivity index (χ1n) is 7.62. The van der Waals surface area contributed by atoms with E-state index < -0.39 is 12.3 Å². The number of aromatic nitrogens is 4. The number of alkyl halides is 2. The van der Waals surface area contributed by atoms with Crippen LogP contribution >= 0.6 is 0 Å². The van der Waals surface area contributed by atoms with Crippen molar-refractivity contribution in [3.05, 3.63) is 59.0 Å². The van der Waals surface area contributed by atoms with E-state index in [0.29, 0.717) is 18.7 Å². The maximum Gasteiger partial charge on any atom is 0.314 e. The van der Waals surface area contributed by atoms with Crippen LogP contribution in [0.4, 0.5) is 14.6 Å². The Morgan fingerprint density at radius 3 is 2.68 bits per heavy atom. The molecule has 128 valence electrons. The second-order valence-corrected chi connectivity index (χ2v) is 5.65. The Hall–Kier alpha value is -3.10. The van der Waals surface area contributed by atoms with Gasteiger partial charge in [0, 0.05) is 37.1 Å². The summed E-state index contributed by atoms with van der Waals surface area (Å²) in [5, 5.41) is 6.81. The lowest BCUT2D eigenvalue weighted by molar-refractivity contribution is 0.116. The van der Waals surface area contributed by atoms with Gasteiger partial charge in [0.25, 0.3) is 11.4 Å². The van der Waals surface area contributed by atoms with E-state index in [2.05, 4.69) is 20.1 Å². The van der Waals surface area contributed by atoms with E-state index in [1.54, 1.807) is 23.0 Å². The molecule has 0 N–H and O–H groups in total. The first-order valence-corrected chi connectivity index (χ1v) is 7.62. The van der Waals surface area contributed by atoms with Gasteiger partial charge >= 0.3 is 6.43 Å². The van der Waals surface area contributed by atoms with Crippen LogP contribution in [0, 0.1) is 0 Å². The van der Waals surface area contributed by atoms with E-state index in [4.69, 9.17) is 4.42 Å². The normalized spacial score (nSPS) is 14.8. The Morgan fingerprint density at radius 2 is 2.04 bits per heavy atom. The fraction of sp³-hybridized carbons (Fsp3) is 0.250. The third-order valence-electron chi connectivity index (χ3n) is 4.05. The molecule has 9 heteroatoms. The molecule has 0 aromatic carbocycles. The van der Waals surface area contributed by atoms with E-state index in [0.717, 1.165) is 5.82 Å². The number of hydrogen-bond acceptors (Lipinski definition) is 6. The summed E-state index contributed by atoms with van der Waals surface area (Å²) in [6, 6.07) is 8.62. The lowest BCUT2D eigenvalue weighted by Crippen LogP contribution is -2.50. The summed E-state index contributed by atoms with van der Waals surface area (Å²) in [4.78, 5) is 18.7. The van der Waals surface area contributed by atoms with Crippen molar-refractivity contribution in [2.24, 2.45) is 0 Å². The van der Waals surface area contributed by atoms with Gasteiger partial charge in [-0.15, -0.1) is 10.2 Å². The zero-order valence-electron chi connectivity index (χ0n) is 12.9. The first kappa shape index (κ1) is 15.4. The summed E-state index contributed by atoms with van der Waals surface area (Å²) in [5.74, 6) is 0.0150. The summed E-state index contributed by atoms with van der Waals surface area (Å²) >= 11 is 0. The average Bonchev–Trinajstić information content (AvgIpc) is 3.06. The van der Waals surface area contributed by atoms with E-state index in [1.165, 1.54) is 6.07 Å². The van der Waals surface area contributed by atoms with Gasteiger partial charge in [-0.05, 0) is 18.2 Å². The summed E-state index contributed by atoms with van der Waals surface area (Å²) in [7, 11) is 0. The highest BCUT2D eigenvalue weighted by molar-refractivity contribution is 5.51. The summed E-state index contributed by atoms with van der Waals surface area (Å²) in [6.07, 6.45) is 0.501. The predicted octanol–water partition coefficient (Wildman–Crippen LogP) is 2.29. The molecule has 0 bridgehead atoms. The van der Waals surface area contributed by atoms with Crippen LogP contribution in [0.25, 0.3) is 11.5 Å². The topological polar surface area (TPSA) is 77.0 Å². The highest BCUT2D eigenvalue weighted by Crippen LogP contribution is 2.26. The zero-order valence-corrected chi connectivity index (χ0v) is 12.9. The number of anilines is 1. The molecular weight excluding hydrogens is 332 g/mol. The molecule has 0 atom stereocenters. The van der Waals surface area contributed by atoms with Gasteiger partial charge in [-0.1, -0.05) is 6.07 Å².